The molecule has 1 saturated heterocycles. The van der Waals surface area contributed by atoms with Crippen LogP contribution in [0.3, 0.4) is 0 Å². The molecule has 1 N–H and O–H groups in total. The molecule has 1 aliphatic heterocycles. The molecule has 0 radical (unpaired) electrons. The van der Waals surface area contributed by atoms with Crippen LogP contribution in [0.25, 0.3) is 0 Å². The van der Waals surface area contributed by atoms with Gasteiger partial charge in [-0.2, -0.15) is 0 Å². The summed E-state index contributed by atoms with van der Waals surface area (Å²) >= 11 is 0. The Hall–Kier alpha value is -0.160. The van der Waals surface area contributed by atoms with Crippen LogP contribution in [-0.2, 0) is 0 Å². The highest BCUT2D eigenvalue weighted by atomic mass is 15.3. The van der Waals surface area contributed by atoms with E-state index in [9.17, 15) is 0 Å². The maximum atomic E-state index is 3.49. The highest BCUT2D eigenvalue weighted by Crippen LogP contribution is 2.03. The van der Waals surface area contributed by atoms with E-state index < -0.39 is 0 Å². The van der Waals surface area contributed by atoms with Crippen molar-refractivity contribution in [2.75, 3.05) is 66.5 Å². The van der Waals surface area contributed by atoms with Crippen LogP contribution in [0.4, 0.5) is 0 Å². The average Bonchev–Trinajstić information content (AvgIpc) is 2.37. The first-order valence-electron chi connectivity index (χ1n) is 7.90. The Morgan fingerprint density at radius 3 is 2.05 bits per heavy atom. The van der Waals surface area contributed by atoms with Crippen LogP contribution >= 0.6 is 0 Å². The first-order valence-corrected chi connectivity index (χ1v) is 7.90. The molecule has 1 heterocycles. The molecule has 0 aliphatic carbocycles. The van der Waals surface area contributed by atoms with E-state index in [1.54, 1.807) is 0 Å². The molecule has 0 amide bonds. The quantitative estimate of drug-likeness (QED) is 0.630. The van der Waals surface area contributed by atoms with Crippen molar-refractivity contribution in [1.29, 1.82) is 0 Å². The lowest BCUT2D eigenvalue weighted by Crippen LogP contribution is -2.48. The van der Waals surface area contributed by atoms with Crippen molar-refractivity contribution < 1.29 is 0 Å². The van der Waals surface area contributed by atoms with Gasteiger partial charge in [0.1, 0.15) is 0 Å². The molecule has 0 spiro atoms. The fourth-order valence-corrected chi connectivity index (χ4v) is 2.43. The lowest BCUT2D eigenvalue weighted by Gasteiger charge is -2.35. The number of unbranched alkanes of at least 4 members (excludes halogenated alkanes) is 1. The summed E-state index contributed by atoms with van der Waals surface area (Å²) in [7, 11) is 4.31. The second kappa shape index (κ2) is 9.70. The normalized spacial score (nSPS) is 18.6. The minimum absolute atomic E-state index is 0.625. The van der Waals surface area contributed by atoms with Gasteiger partial charge in [0, 0.05) is 45.3 Å². The molecule has 1 rings (SSSR count). The monoisotopic (exact) mass is 270 g/mol. The predicted molar refractivity (Wildman–Crippen MR) is 83.8 cm³/mol. The Balaban J connectivity index is 1.97. The maximum absolute atomic E-state index is 3.49. The number of rotatable bonds is 9. The van der Waals surface area contributed by atoms with E-state index in [4.69, 9.17) is 0 Å². The topological polar surface area (TPSA) is 21.8 Å². The van der Waals surface area contributed by atoms with Crippen LogP contribution in [0.5, 0.6) is 0 Å². The predicted octanol–water partition coefficient (Wildman–Crippen LogP) is 0.944. The number of nitrogens with zero attached hydrogens (tertiary/aromatic N) is 3. The van der Waals surface area contributed by atoms with Gasteiger partial charge in [0.15, 0.2) is 0 Å². The van der Waals surface area contributed by atoms with Crippen molar-refractivity contribution in [2.45, 2.75) is 32.7 Å². The summed E-state index contributed by atoms with van der Waals surface area (Å²) < 4.78 is 0. The van der Waals surface area contributed by atoms with Gasteiger partial charge in [0.25, 0.3) is 0 Å². The van der Waals surface area contributed by atoms with Crippen LogP contribution < -0.4 is 5.32 Å². The van der Waals surface area contributed by atoms with Crippen molar-refractivity contribution in [2.24, 2.45) is 0 Å². The molecule has 1 fully saturated rings. The molecule has 0 atom stereocenters. The van der Waals surface area contributed by atoms with Gasteiger partial charge >= 0.3 is 0 Å². The number of hydrogen-bond acceptors (Lipinski definition) is 4. The van der Waals surface area contributed by atoms with E-state index in [0.717, 1.165) is 0 Å². The molecule has 4 heteroatoms. The molecular formula is C15H34N4. The molecule has 1 aliphatic rings. The van der Waals surface area contributed by atoms with Crippen molar-refractivity contribution in [3.05, 3.63) is 0 Å². The number of nitrogens with one attached hydrogen (secondary N) is 1. The minimum atomic E-state index is 0.625. The summed E-state index contributed by atoms with van der Waals surface area (Å²) in [5.74, 6) is 0. The van der Waals surface area contributed by atoms with Crippen molar-refractivity contribution in [3.63, 3.8) is 0 Å². The second-order valence-corrected chi connectivity index (χ2v) is 6.30. The highest BCUT2D eigenvalue weighted by molar-refractivity contribution is 4.72. The summed E-state index contributed by atoms with van der Waals surface area (Å²) in [4.78, 5) is 7.49. The van der Waals surface area contributed by atoms with Crippen molar-refractivity contribution in [3.8, 4) is 0 Å². The third-order valence-electron chi connectivity index (χ3n) is 3.78. The molecule has 0 saturated carbocycles. The Morgan fingerprint density at radius 1 is 0.947 bits per heavy atom. The molecule has 19 heavy (non-hydrogen) atoms. The third-order valence-corrected chi connectivity index (χ3v) is 3.78. The van der Waals surface area contributed by atoms with Gasteiger partial charge < -0.3 is 15.1 Å². The number of likely N-dealkylation sites (N-methyl/N-ethyl adjacent to an activating group) is 1. The van der Waals surface area contributed by atoms with Crippen LogP contribution in [0, 0.1) is 0 Å². The molecule has 4 nitrogen and oxygen atoms in total. The summed E-state index contributed by atoms with van der Waals surface area (Å²) in [5.41, 5.74) is 0. The van der Waals surface area contributed by atoms with Crippen LogP contribution in [0.15, 0.2) is 0 Å². The maximum Gasteiger partial charge on any atom is 0.0110 e. The van der Waals surface area contributed by atoms with Crippen molar-refractivity contribution in [1.82, 2.24) is 20.0 Å². The smallest absolute Gasteiger partial charge is 0.0110 e. The van der Waals surface area contributed by atoms with Crippen LogP contribution in [0.1, 0.15) is 26.7 Å². The van der Waals surface area contributed by atoms with Gasteiger partial charge in [-0.25, -0.2) is 0 Å². The number of hydrogen-bond donors (Lipinski definition) is 1. The van der Waals surface area contributed by atoms with E-state index in [1.165, 1.54) is 65.2 Å². The molecule has 114 valence electrons. The zero-order valence-corrected chi connectivity index (χ0v) is 13.5. The first-order chi connectivity index (χ1) is 9.08. The van der Waals surface area contributed by atoms with Gasteiger partial charge in [-0.1, -0.05) is 13.8 Å². The molecule has 0 unspecified atom stereocenters. The van der Waals surface area contributed by atoms with Gasteiger partial charge in [-0.3, -0.25) is 4.90 Å². The third kappa shape index (κ3) is 8.58. The van der Waals surface area contributed by atoms with Crippen LogP contribution in [0.2, 0.25) is 0 Å². The second-order valence-electron chi connectivity index (χ2n) is 6.30. The van der Waals surface area contributed by atoms with E-state index in [0.29, 0.717) is 6.04 Å². The Kier molecular flexibility index (Phi) is 8.62. The van der Waals surface area contributed by atoms with Gasteiger partial charge in [0.05, 0.1) is 0 Å². The zero-order valence-electron chi connectivity index (χ0n) is 13.5. The van der Waals surface area contributed by atoms with E-state index in [2.05, 4.69) is 48.0 Å². The SMILES string of the molecule is CC(C)NCCCCN1CCN(CCN(C)C)CC1. The molecule has 0 aromatic rings. The summed E-state index contributed by atoms with van der Waals surface area (Å²) in [6.07, 6.45) is 2.64. The lowest BCUT2D eigenvalue weighted by molar-refractivity contribution is 0.124. The van der Waals surface area contributed by atoms with E-state index in [-0.39, 0.29) is 0 Å². The molecule has 0 aromatic carbocycles. The van der Waals surface area contributed by atoms with E-state index >= 15 is 0 Å². The largest absolute Gasteiger partial charge is 0.315 e. The molecule has 0 aromatic heterocycles. The molecular weight excluding hydrogens is 236 g/mol. The first kappa shape index (κ1) is 16.9. The summed E-state index contributed by atoms with van der Waals surface area (Å²) in [6, 6.07) is 0.625. The van der Waals surface area contributed by atoms with Gasteiger partial charge in [-0.15, -0.1) is 0 Å². The van der Waals surface area contributed by atoms with E-state index in [1.807, 2.05) is 0 Å². The molecule has 0 bridgehead atoms. The standard InChI is InChI=1S/C15H34N4/c1-15(2)16-7-5-6-8-18-11-13-19(14-12-18)10-9-17(3)4/h15-16H,5-14H2,1-4H3. The van der Waals surface area contributed by atoms with Gasteiger partial charge in [-0.05, 0) is 40.0 Å². The Bertz CT molecular complexity index is 207. The number of piperazine rings is 1. The van der Waals surface area contributed by atoms with Crippen LogP contribution in [-0.4, -0.2) is 87.2 Å². The highest BCUT2D eigenvalue weighted by Gasteiger charge is 2.15. The fraction of sp³-hybridized carbons (Fsp3) is 1.00. The zero-order chi connectivity index (χ0) is 14.1. The average molecular weight is 270 g/mol. The Morgan fingerprint density at radius 2 is 1.53 bits per heavy atom. The summed E-state index contributed by atoms with van der Waals surface area (Å²) in [6.45, 7) is 14.3. The lowest BCUT2D eigenvalue weighted by atomic mass is 10.2. The van der Waals surface area contributed by atoms with Crippen molar-refractivity contribution >= 4 is 0 Å². The fourth-order valence-electron chi connectivity index (χ4n) is 2.43. The summed E-state index contributed by atoms with van der Waals surface area (Å²) in [5, 5.41) is 3.49. The van der Waals surface area contributed by atoms with Gasteiger partial charge in [0.2, 0.25) is 0 Å². The Labute approximate surface area is 120 Å². The minimum Gasteiger partial charge on any atom is -0.315 e.